The number of aryl methyl sites for hydroxylation is 2. The van der Waals surface area contributed by atoms with Crippen molar-refractivity contribution in [1.29, 1.82) is 0 Å². The lowest BCUT2D eigenvalue weighted by Gasteiger charge is -2.08. The third-order valence-electron chi connectivity index (χ3n) is 10.3. The van der Waals surface area contributed by atoms with Crippen LogP contribution < -0.4 is 0 Å². The molecule has 0 aliphatic carbocycles. The highest BCUT2D eigenvalue weighted by Crippen LogP contribution is 2.36. The van der Waals surface area contributed by atoms with E-state index >= 15 is 0 Å². The van der Waals surface area contributed by atoms with Crippen LogP contribution in [0.25, 0.3) is 54.3 Å². The number of unbranched alkanes of at least 4 members (excludes halogenated alkanes) is 16. The number of benzene rings is 4. The number of fused-ring (bicyclic) bond motifs is 7. The van der Waals surface area contributed by atoms with Crippen LogP contribution in [0.5, 0.6) is 0 Å². The van der Waals surface area contributed by atoms with E-state index in [2.05, 4.69) is 74.5 Å². The molecule has 0 radical (unpaired) electrons. The molecule has 2 heterocycles. The number of furan rings is 2. The Hall–Kier alpha value is -3.26. The third kappa shape index (κ3) is 8.17. The maximum atomic E-state index is 6.40. The van der Waals surface area contributed by atoms with E-state index in [1.165, 1.54) is 159 Å². The molecule has 244 valence electrons. The lowest BCUT2D eigenvalue weighted by atomic mass is 9.96. The summed E-state index contributed by atoms with van der Waals surface area (Å²) in [6.07, 6.45) is 26.4. The van der Waals surface area contributed by atoms with Gasteiger partial charge in [0.05, 0.1) is 0 Å². The van der Waals surface area contributed by atoms with Gasteiger partial charge in [-0.1, -0.05) is 141 Å². The van der Waals surface area contributed by atoms with Crippen molar-refractivity contribution in [3.63, 3.8) is 0 Å². The fraction of sp³-hybridized carbons (Fsp3) is 0.500. The summed E-state index contributed by atoms with van der Waals surface area (Å²) in [5, 5.41) is 10.1. The molecule has 0 atom stereocenters. The third-order valence-corrected chi connectivity index (χ3v) is 10.3. The Morgan fingerprint density at radius 3 is 1.11 bits per heavy atom. The first-order valence-electron chi connectivity index (χ1n) is 19.0. The van der Waals surface area contributed by atoms with Crippen LogP contribution in [0.15, 0.2) is 69.5 Å². The van der Waals surface area contributed by atoms with Gasteiger partial charge in [0.1, 0.15) is 22.7 Å². The fourth-order valence-electron chi connectivity index (χ4n) is 7.52. The molecular weight excluding hydrogens is 560 g/mol. The van der Waals surface area contributed by atoms with Crippen molar-refractivity contribution in [2.24, 2.45) is 0 Å². The number of rotatable bonds is 20. The van der Waals surface area contributed by atoms with Gasteiger partial charge in [-0.15, -0.1) is 0 Å². The van der Waals surface area contributed by atoms with Gasteiger partial charge in [-0.25, -0.2) is 0 Å². The van der Waals surface area contributed by atoms with Crippen molar-refractivity contribution in [1.82, 2.24) is 0 Å². The quantitative estimate of drug-likeness (QED) is 0.0630. The molecule has 0 N–H and O–H groups in total. The summed E-state index contributed by atoms with van der Waals surface area (Å²) in [6.45, 7) is 4.58. The van der Waals surface area contributed by atoms with Gasteiger partial charge in [-0.05, 0) is 81.6 Å². The zero-order valence-electron chi connectivity index (χ0n) is 28.7. The van der Waals surface area contributed by atoms with E-state index in [1.807, 2.05) is 0 Å². The van der Waals surface area contributed by atoms with Crippen LogP contribution in [-0.2, 0) is 12.8 Å². The Morgan fingerprint density at radius 1 is 0.348 bits per heavy atom. The molecule has 2 heteroatoms. The molecule has 6 aromatic rings. The van der Waals surface area contributed by atoms with Crippen LogP contribution in [0.2, 0.25) is 0 Å². The first-order valence-corrected chi connectivity index (χ1v) is 19.0. The molecule has 0 aliphatic rings. The van der Waals surface area contributed by atoms with E-state index in [-0.39, 0.29) is 0 Å². The standard InChI is InChI=1S/C44H56O2/c1-3-5-7-9-11-13-15-17-19-21-37-29-35-27-33-23-25-40-39(41(33)31-43(35)45-37)26-24-34-28-36-30-38(46-44(36)32-42(34)40)22-20-18-16-14-12-10-8-6-4-2/h23-32H,3-22H2,1-2H3. The zero-order valence-corrected chi connectivity index (χ0v) is 28.7. The summed E-state index contributed by atoms with van der Waals surface area (Å²) < 4.78 is 12.8. The first kappa shape index (κ1) is 32.7. The predicted molar refractivity (Wildman–Crippen MR) is 200 cm³/mol. The minimum Gasteiger partial charge on any atom is -0.461 e. The van der Waals surface area contributed by atoms with E-state index in [9.17, 15) is 0 Å². The minimum atomic E-state index is 1.01. The molecule has 0 fully saturated rings. The van der Waals surface area contributed by atoms with Crippen LogP contribution in [-0.4, -0.2) is 0 Å². The maximum Gasteiger partial charge on any atom is 0.134 e. The predicted octanol–water partition coefficient (Wildman–Crippen LogP) is 14.8. The Kier molecular flexibility index (Phi) is 11.7. The highest BCUT2D eigenvalue weighted by Gasteiger charge is 2.12. The van der Waals surface area contributed by atoms with E-state index in [0.29, 0.717) is 0 Å². The van der Waals surface area contributed by atoms with Crippen molar-refractivity contribution >= 4 is 54.3 Å². The minimum absolute atomic E-state index is 1.01. The van der Waals surface area contributed by atoms with Crippen LogP contribution in [0.4, 0.5) is 0 Å². The van der Waals surface area contributed by atoms with Gasteiger partial charge in [-0.3, -0.25) is 0 Å². The van der Waals surface area contributed by atoms with Crippen LogP contribution in [0.3, 0.4) is 0 Å². The van der Waals surface area contributed by atoms with Crippen molar-refractivity contribution in [3.8, 4) is 0 Å². The first-order chi connectivity index (χ1) is 22.7. The highest BCUT2D eigenvalue weighted by atomic mass is 16.3. The van der Waals surface area contributed by atoms with Crippen molar-refractivity contribution < 1.29 is 8.83 Å². The van der Waals surface area contributed by atoms with Crippen molar-refractivity contribution in [2.75, 3.05) is 0 Å². The van der Waals surface area contributed by atoms with E-state index in [0.717, 1.165) is 35.5 Å². The summed E-state index contributed by atoms with van der Waals surface area (Å²) in [5.41, 5.74) is 2.02. The largest absolute Gasteiger partial charge is 0.461 e. The fourth-order valence-corrected chi connectivity index (χ4v) is 7.52. The maximum absolute atomic E-state index is 6.40. The number of hydrogen-bond donors (Lipinski definition) is 0. The molecule has 0 saturated heterocycles. The van der Waals surface area contributed by atoms with Crippen LogP contribution in [0, 0.1) is 0 Å². The van der Waals surface area contributed by atoms with Gasteiger partial charge in [0, 0.05) is 23.6 Å². The molecule has 0 amide bonds. The van der Waals surface area contributed by atoms with E-state index in [4.69, 9.17) is 8.83 Å². The van der Waals surface area contributed by atoms with Gasteiger partial charge in [0.2, 0.25) is 0 Å². The molecule has 0 bridgehead atoms. The van der Waals surface area contributed by atoms with Gasteiger partial charge in [-0.2, -0.15) is 0 Å². The molecule has 0 aliphatic heterocycles. The summed E-state index contributed by atoms with van der Waals surface area (Å²) in [5.74, 6) is 2.25. The summed E-state index contributed by atoms with van der Waals surface area (Å²) in [7, 11) is 0. The molecule has 0 saturated carbocycles. The molecular formula is C44H56O2. The molecule has 2 nitrogen and oxygen atoms in total. The van der Waals surface area contributed by atoms with Crippen molar-refractivity contribution in [3.05, 3.63) is 72.2 Å². The Morgan fingerprint density at radius 2 is 0.717 bits per heavy atom. The monoisotopic (exact) mass is 616 g/mol. The molecule has 0 unspecified atom stereocenters. The summed E-state index contributed by atoms with van der Waals surface area (Å²) in [6, 6.07) is 22.9. The average Bonchev–Trinajstić information content (AvgIpc) is 3.66. The van der Waals surface area contributed by atoms with Gasteiger partial charge in [0.15, 0.2) is 0 Å². The molecule has 4 aromatic carbocycles. The van der Waals surface area contributed by atoms with E-state index < -0.39 is 0 Å². The van der Waals surface area contributed by atoms with Gasteiger partial charge < -0.3 is 8.83 Å². The Balaban J connectivity index is 1.11. The highest BCUT2D eigenvalue weighted by molar-refractivity contribution is 6.20. The SMILES string of the molecule is CCCCCCCCCCCc1cc2cc3ccc4c5cc6oc(CCCCCCCCCCC)cc6cc5ccc4c3cc2o1. The molecule has 6 rings (SSSR count). The van der Waals surface area contributed by atoms with Crippen LogP contribution in [0.1, 0.15) is 141 Å². The smallest absolute Gasteiger partial charge is 0.134 e. The van der Waals surface area contributed by atoms with Gasteiger partial charge in [0.25, 0.3) is 0 Å². The van der Waals surface area contributed by atoms with Crippen LogP contribution >= 0.6 is 0 Å². The lowest BCUT2D eigenvalue weighted by Crippen LogP contribution is -1.84. The molecule has 0 spiro atoms. The topological polar surface area (TPSA) is 26.3 Å². The summed E-state index contributed by atoms with van der Waals surface area (Å²) in [4.78, 5) is 0. The second kappa shape index (κ2) is 16.5. The number of hydrogen-bond acceptors (Lipinski definition) is 2. The van der Waals surface area contributed by atoms with Crippen molar-refractivity contribution in [2.45, 2.75) is 142 Å². The Bertz CT molecular complexity index is 1700. The second-order valence-electron chi connectivity index (χ2n) is 14.0. The second-order valence-corrected chi connectivity index (χ2v) is 14.0. The zero-order chi connectivity index (χ0) is 31.6. The van der Waals surface area contributed by atoms with Gasteiger partial charge >= 0.3 is 0 Å². The summed E-state index contributed by atoms with van der Waals surface area (Å²) >= 11 is 0. The normalized spacial score (nSPS) is 12.1. The lowest BCUT2D eigenvalue weighted by molar-refractivity contribution is 0.516. The van der Waals surface area contributed by atoms with E-state index in [1.54, 1.807) is 0 Å². The Labute approximate surface area is 276 Å². The molecule has 46 heavy (non-hydrogen) atoms. The molecule has 2 aromatic heterocycles. The average molecular weight is 617 g/mol.